The molecule has 0 unspecified atom stereocenters. The summed E-state index contributed by atoms with van der Waals surface area (Å²) in [7, 11) is -3.90. The molecule has 0 amide bonds. The second-order valence-corrected chi connectivity index (χ2v) is 10.4. The lowest BCUT2D eigenvalue weighted by Gasteiger charge is -2.38. The van der Waals surface area contributed by atoms with Crippen molar-refractivity contribution < 1.29 is 23.4 Å². The van der Waals surface area contributed by atoms with E-state index in [-0.39, 0.29) is 23.5 Å². The number of aliphatic hydroxyl groups is 2. The van der Waals surface area contributed by atoms with Crippen LogP contribution in [0.5, 0.6) is 0 Å². The highest BCUT2D eigenvalue weighted by Crippen LogP contribution is 2.39. The van der Waals surface area contributed by atoms with Gasteiger partial charge in [-0.15, -0.1) is 0 Å². The van der Waals surface area contributed by atoms with E-state index in [1.165, 1.54) is 4.31 Å². The number of benzene rings is 2. The largest absolute Gasteiger partial charge is 0.392 e. The summed E-state index contributed by atoms with van der Waals surface area (Å²) in [6, 6.07) is 15.3. The summed E-state index contributed by atoms with van der Waals surface area (Å²) in [5.41, 5.74) is 1.58. The van der Waals surface area contributed by atoms with E-state index in [9.17, 15) is 18.6 Å². The number of ether oxygens (including phenoxy) is 1. The van der Waals surface area contributed by atoms with Gasteiger partial charge in [-0.25, -0.2) is 8.42 Å². The van der Waals surface area contributed by atoms with Crippen molar-refractivity contribution >= 4 is 10.0 Å². The Bertz CT molecular complexity index is 946. The Kier molecular flexibility index (Phi) is 7.55. The van der Waals surface area contributed by atoms with Crippen LogP contribution in [-0.2, 0) is 14.8 Å². The van der Waals surface area contributed by atoms with Crippen molar-refractivity contribution in [3.63, 3.8) is 0 Å². The quantitative estimate of drug-likeness (QED) is 0.647. The van der Waals surface area contributed by atoms with Crippen molar-refractivity contribution in [2.24, 2.45) is 11.8 Å². The molecule has 0 aromatic heterocycles. The Morgan fingerprint density at radius 3 is 2.23 bits per heavy atom. The van der Waals surface area contributed by atoms with Crippen LogP contribution in [0, 0.1) is 18.8 Å². The molecular weight excluding hydrogens is 414 g/mol. The van der Waals surface area contributed by atoms with Crippen molar-refractivity contribution in [2.75, 3.05) is 6.61 Å². The summed E-state index contributed by atoms with van der Waals surface area (Å²) in [5, 5.41) is 22.3. The van der Waals surface area contributed by atoms with Crippen molar-refractivity contribution in [2.45, 2.75) is 63.5 Å². The van der Waals surface area contributed by atoms with E-state index in [4.69, 9.17) is 4.74 Å². The van der Waals surface area contributed by atoms with Crippen LogP contribution in [0.1, 0.15) is 44.4 Å². The molecule has 7 heteroatoms. The van der Waals surface area contributed by atoms with Gasteiger partial charge >= 0.3 is 0 Å². The van der Waals surface area contributed by atoms with Crippen molar-refractivity contribution in [3.05, 3.63) is 65.7 Å². The molecule has 0 bridgehead atoms. The van der Waals surface area contributed by atoms with E-state index in [1.54, 1.807) is 36.4 Å². The SMILES string of the molecule is CC[C@@H]1CO[C@H]([C@H]([C@H](O)c2ccccc2)[C@@H](O)C(C)C)N1S(=O)(=O)c1ccc(C)cc1. The second-order valence-electron chi connectivity index (χ2n) is 8.60. The molecular formula is C24H33NO5S. The van der Waals surface area contributed by atoms with E-state index < -0.39 is 34.4 Å². The Hall–Kier alpha value is -1.77. The molecule has 2 aromatic carbocycles. The number of sulfonamides is 1. The predicted molar refractivity (Wildman–Crippen MR) is 120 cm³/mol. The molecule has 5 atom stereocenters. The summed E-state index contributed by atoms with van der Waals surface area (Å²) in [6.45, 7) is 7.73. The number of hydrogen-bond acceptors (Lipinski definition) is 5. The van der Waals surface area contributed by atoms with Crippen molar-refractivity contribution in [1.29, 1.82) is 0 Å². The Morgan fingerprint density at radius 1 is 1.06 bits per heavy atom. The number of aliphatic hydroxyl groups excluding tert-OH is 2. The van der Waals surface area contributed by atoms with Crippen LogP contribution in [0.15, 0.2) is 59.5 Å². The zero-order chi connectivity index (χ0) is 22.8. The normalized spacial score (nSPS) is 23.1. The van der Waals surface area contributed by atoms with Crippen LogP contribution < -0.4 is 0 Å². The lowest BCUT2D eigenvalue weighted by atomic mass is 9.84. The summed E-state index contributed by atoms with van der Waals surface area (Å²) in [5.74, 6) is -1.05. The molecule has 1 heterocycles. The molecule has 1 aliphatic heterocycles. The van der Waals surface area contributed by atoms with Crippen LogP contribution in [-0.4, -0.2) is 47.9 Å². The molecule has 0 aliphatic carbocycles. The average Bonchev–Trinajstić information content (AvgIpc) is 3.19. The Labute approximate surface area is 185 Å². The van der Waals surface area contributed by atoms with Crippen LogP contribution in [0.2, 0.25) is 0 Å². The average molecular weight is 448 g/mol. The first-order valence-electron chi connectivity index (χ1n) is 10.8. The van der Waals surface area contributed by atoms with Crippen LogP contribution in [0.3, 0.4) is 0 Å². The van der Waals surface area contributed by atoms with Crippen LogP contribution >= 0.6 is 0 Å². The van der Waals surface area contributed by atoms with Gasteiger partial charge in [0.2, 0.25) is 10.0 Å². The van der Waals surface area contributed by atoms with Gasteiger partial charge in [0.25, 0.3) is 0 Å². The molecule has 170 valence electrons. The molecule has 2 N–H and O–H groups in total. The maximum atomic E-state index is 13.7. The van der Waals surface area contributed by atoms with Crippen LogP contribution in [0.25, 0.3) is 0 Å². The first-order valence-corrected chi connectivity index (χ1v) is 12.2. The van der Waals surface area contributed by atoms with Gasteiger partial charge in [-0.05, 0) is 37.0 Å². The topological polar surface area (TPSA) is 87.1 Å². The minimum atomic E-state index is -3.90. The molecule has 2 aromatic rings. The molecule has 1 saturated heterocycles. The van der Waals surface area contributed by atoms with E-state index in [1.807, 2.05) is 45.9 Å². The monoisotopic (exact) mass is 447 g/mol. The van der Waals surface area contributed by atoms with Gasteiger partial charge in [0.05, 0.1) is 35.7 Å². The maximum absolute atomic E-state index is 13.7. The van der Waals surface area contributed by atoms with Gasteiger partial charge in [0.15, 0.2) is 0 Å². The standard InChI is InChI=1S/C24H33NO5S/c1-5-19-15-30-24(25(19)31(28,29)20-13-11-17(4)12-14-20)21(22(26)16(2)3)23(27)18-9-7-6-8-10-18/h6-14,16,19,21-24,26-27H,5,15H2,1-4H3/t19-,21+,22+,23-,24-/m1/s1. The number of nitrogens with zero attached hydrogens (tertiary/aromatic N) is 1. The fourth-order valence-electron chi connectivity index (χ4n) is 4.14. The van der Waals surface area contributed by atoms with Crippen molar-refractivity contribution in [1.82, 2.24) is 4.31 Å². The summed E-state index contributed by atoms with van der Waals surface area (Å²) in [6.07, 6.45) is -2.47. The lowest BCUT2D eigenvalue weighted by Crippen LogP contribution is -2.50. The summed E-state index contributed by atoms with van der Waals surface area (Å²) in [4.78, 5) is 0.180. The molecule has 0 radical (unpaired) electrons. The van der Waals surface area contributed by atoms with Crippen LogP contribution in [0.4, 0.5) is 0 Å². The lowest BCUT2D eigenvalue weighted by molar-refractivity contribution is -0.105. The number of hydrogen-bond donors (Lipinski definition) is 2. The molecule has 6 nitrogen and oxygen atoms in total. The molecule has 31 heavy (non-hydrogen) atoms. The van der Waals surface area contributed by atoms with E-state index in [2.05, 4.69) is 0 Å². The smallest absolute Gasteiger partial charge is 0.245 e. The zero-order valence-corrected chi connectivity index (χ0v) is 19.4. The fourth-order valence-corrected chi connectivity index (χ4v) is 5.94. The third kappa shape index (κ3) is 4.86. The molecule has 1 fully saturated rings. The fraction of sp³-hybridized carbons (Fsp3) is 0.500. The third-order valence-electron chi connectivity index (χ3n) is 6.05. The van der Waals surface area contributed by atoms with Gasteiger partial charge in [-0.1, -0.05) is 68.8 Å². The zero-order valence-electron chi connectivity index (χ0n) is 18.5. The molecule has 0 spiro atoms. The maximum Gasteiger partial charge on any atom is 0.245 e. The highest BCUT2D eigenvalue weighted by molar-refractivity contribution is 7.89. The molecule has 1 aliphatic rings. The van der Waals surface area contributed by atoms with Crippen molar-refractivity contribution in [3.8, 4) is 0 Å². The van der Waals surface area contributed by atoms with E-state index in [0.29, 0.717) is 12.0 Å². The van der Waals surface area contributed by atoms with Gasteiger partial charge < -0.3 is 14.9 Å². The highest BCUT2D eigenvalue weighted by atomic mass is 32.2. The highest BCUT2D eigenvalue weighted by Gasteiger charge is 2.50. The minimum Gasteiger partial charge on any atom is -0.392 e. The van der Waals surface area contributed by atoms with E-state index in [0.717, 1.165) is 5.56 Å². The number of aryl methyl sites for hydroxylation is 1. The minimum absolute atomic E-state index is 0.180. The first-order chi connectivity index (χ1) is 14.7. The number of rotatable bonds is 8. The first kappa shape index (κ1) is 23.9. The predicted octanol–water partition coefficient (Wildman–Crippen LogP) is 3.49. The van der Waals surface area contributed by atoms with Gasteiger partial charge in [0.1, 0.15) is 6.23 Å². The summed E-state index contributed by atoms with van der Waals surface area (Å²) >= 11 is 0. The molecule has 0 saturated carbocycles. The van der Waals surface area contributed by atoms with E-state index >= 15 is 0 Å². The second kappa shape index (κ2) is 9.79. The van der Waals surface area contributed by atoms with Gasteiger partial charge in [-0.2, -0.15) is 4.31 Å². The van der Waals surface area contributed by atoms with Gasteiger partial charge in [0, 0.05) is 0 Å². The van der Waals surface area contributed by atoms with Gasteiger partial charge in [-0.3, -0.25) is 0 Å². The third-order valence-corrected chi connectivity index (χ3v) is 7.98. The Balaban J connectivity index is 2.07. The summed E-state index contributed by atoms with van der Waals surface area (Å²) < 4.78 is 34.7. The Morgan fingerprint density at radius 2 is 1.68 bits per heavy atom. The molecule has 3 rings (SSSR count).